The molecule has 3 aliphatic rings. The Morgan fingerprint density at radius 2 is 2.10 bits per heavy atom. The number of carbonyl (C=O) groups is 1. The van der Waals surface area contributed by atoms with Crippen molar-refractivity contribution in [1.29, 1.82) is 0 Å². The molecule has 0 bridgehead atoms. The van der Waals surface area contributed by atoms with Gasteiger partial charge in [-0.3, -0.25) is 9.69 Å². The molecule has 2 heterocycles. The lowest BCUT2D eigenvalue weighted by Crippen LogP contribution is -2.61. The third-order valence-electron chi connectivity index (χ3n) is 7.92. The number of carboxylic acids is 1. The minimum Gasteiger partial charge on any atom is -0.481 e. The fraction of sp³-hybridized carbons (Fsp3) is 0.609. The van der Waals surface area contributed by atoms with Crippen LogP contribution in [0.15, 0.2) is 24.4 Å². The number of nitrogens with zero attached hydrogens (tertiary/aromatic N) is 1. The fourth-order valence-corrected chi connectivity index (χ4v) is 6.58. The summed E-state index contributed by atoms with van der Waals surface area (Å²) in [5, 5.41) is 22.5. The van der Waals surface area contributed by atoms with Crippen molar-refractivity contribution >= 4 is 33.9 Å². The highest BCUT2D eigenvalue weighted by Gasteiger charge is 2.56. The van der Waals surface area contributed by atoms with Gasteiger partial charge in [-0.05, 0) is 49.4 Å². The first-order valence-corrected chi connectivity index (χ1v) is 10.8. The second kappa shape index (κ2) is 7.71. The molecule has 0 spiro atoms. The summed E-state index contributed by atoms with van der Waals surface area (Å²) in [6.07, 6.45) is 6.81. The standard InChI is InChI=1S/C23H30N2O3.BrH/c1-2-25-13-23(22(27)28,17-7-3-4-9-20(17)26)11-16-15-6-5-8-18-21(15)14(12-24-18)10-19(16)25;/h5-6,8,12,16-17,19-20,24,26H,2-4,7,9-11,13H2,1H3,(H,27,28);1H/t16-,17?,19-,20?,23?;/m1./s1. The molecule has 29 heavy (non-hydrogen) atoms. The van der Waals surface area contributed by atoms with Crippen molar-refractivity contribution in [2.75, 3.05) is 13.1 Å². The number of aromatic amines is 1. The quantitative estimate of drug-likeness (QED) is 0.641. The molecular formula is C23H31BrN2O3. The van der Waals surface area contributed by atoms with Gasteiger partial charge in [-0.15, -0.1) is 17.0 Å². The Hall–Kier alpha value is -1.37. The van der Waals surface area contributed by atoms with E-state index in [0.29, 0.717) is 19.0 Å². The lowest BCUT2D eigenvalue weighted by molar-refractivity contribution is -0.167. The summed E-state index contributed by atoms with van der Waals surface area (Å²) < 4.78 is 0. The molecule has 5 nitrogen and oxygen atoms in total. The van der Waals surface area contributed by atoms with Crippen LogP contribution >= 0.6 is 17.0 Å². The summed E-state index contributed by atoms with van der Waals surface area (Å²) in [6, 6.07) is 6.73. The second-order valence-corrected chi connectivity index (χ2v) is 9.15. The first-order valence-electron chi connectivity index (χ1n) is 10.8. The van der Waals surface area contributed by atoms with E-state index in [-0.39, 0.29) is 28.8 Å². The average Bonchev–Trinajstić information content (AvgIpc) is 3.12. The maximum atomic E-state index is 12.8. The van der Waals surface area contributed by atoms with Gasteiger partial charge in [-0.2, -0.15) is 0 Å². The van der Waals surface area contributed by atoms with E-state index in [4.69, 9.17) is 0 Å². The molecule has 3 N–H and O–H groups in total. The van der Waals surface area contributed by atoms with E-state index >= 15 is 0 Å². The normalized spacial score (nSPS) is 34.4. The molecule has 1 saturated heterocycles. The third-order valence-corrected chi connectivity index (χ3v) is 7.92. The van der Waals surface area contributed by atoms with E-state index in [1.54, 1.807) is 0 Å². The molecule has 5 rings (SSSR count). The van der Waals surface area contributed by atoms with Gasteiger partial charge >= 0.3 is 5.97 Å². The number of likely N-dealkylation sites (tertiary alicyclic amines) is 1. The molecule has 158 valence electrons. The Kier molecular flexibility index (Phi) is 5.55. The molecule has 0 radical (unpaired) electrons. The van der Waals surface area contributed by atoms with E-state index in [2.05, 4.69) is 41.2 Å². The molecule has 1 aromatic carbocycles. The summed E-state index contributed by atoms with van der Waals surface area (Å²) in [5.74, 6) is -0.672. The van der Waals surface area contributed by atoms with Crippen molar-refractivity contribution in [2.45, 2.75) is 63.5 Å². The largest absolute Gasteiger partial charge is 0.481 e. The van der Waals surface area contributed by atoms with Gasteiger partial charge in [0, 0.05) is 41.5 Å². The maximum absolute atomic E-state index is 12.8. The topological polar surface area (TPSA) is 76.6 Å². The smallest absolute Gasteiger partial charge is 0.311 e. The molecule has 1 aromatic heterocycles. The number of aliphatic hydroxyl groups excluding tert-OH is 1. The van der Waals surface area contributed by atoms with E-state index in [1.165, 1.54) is 16.5 Å². The van der Waals surface area contributed by atoms with Crippen LogP contribution in [0.3, 0.4) is 0 Å². The van der Waals surface area contributed by atoms with Crippen LogP contribution in [0.1, 0.15) is 56.1 Å². The van der Waals surface area contributed by atoms with E-state index in [9.17, 15) is 15.0 Å². The van der Waals surface area contributed by atoms with Gasteiger partial charge in [-0.25, -0.2) is 0 Å². The first kappa shape index (κ1) is 20.9. The number of fused-ring (bicyclic) bond motifs is 2. The predicted molar refractivity (Wildman–Crippen MR) is 119 cm³/mol. The maximum Gasteiger partial charge on any atom is 0.311 e. The van der Waals surface area contributed by atoms with Crippen LogP contribution in [0.25, 0.3) is 10.9 Å². The number of piperidine rings is 1. The van der Waals surface area contributed by atoms with Crippen molar-refractivity contribution in [2.24, 2.45) is 11.3 Å². The molecular weight excluding hydrogens is 432 g/mol. The SMILES string of the molecule is Br.CCN1CC(C(=O)O)(C2CCCCC2O)C[C@@H]2c3cccc4[nH]cc(c34)C[C@H]21. The van der Waals surface area contributed by atoms with Gasteiger partial charge in [0.15, 0.2) is 0 Å². The third kappa shape index (κ3) is 3.06. The number of likely N-dealkylation sites (N-methyl/N-ethyl adjacent to an activating group) is 1. The fourth-order valence-electron chi connectivity index (χ4n) is 6.58. The highest BCUT2D eigenvalue weighted by Crippen LogP contribution is 2.53. The highest BCUT2D eigenvalue weighted by molar-refractivity contribution is 8.93. The predicted octanol–water partition coefficient (Wildman–Crippen LogP) is 4.10. The molecule has 1 aliphatic heterocycles. The summed E-state index contributed by atoms with van der Waals surface area (Å²) in [7, 11) is 0. The number of carboxylic acid groups (broad SMARTS) is 1. The Bertz CT molecular complexity index is 913. The number of hydrogen-bond acceptors (Lipinski definition) is 3. The Labute approximate surface area is 182 Å². The number of aliphatic hydroxyl groups is 1. The summed E-state index contributed by atoms with van der Waals surface area (Å²) in [4.78, 5) is 18.5. The van der Waals surface area contributed by atoms with E-state index < -0.39 is 17.5 Å². The van der Waals surface area contributed by atoms with Crippen molar-refractivity contribution in [3.63, 3.8) is 0 Å². The number of halogens is 1. The molecule has 5 atom stereocenters. The van der Waals surface area contributed by atoms with E-state index in [0.717, 1.165) is 44.2 Å². The minimum absolute atomic E-state index is 0. The highest BCUT2D eigenvalue weighted by atomic mass is 79.9. The average molecular weight is 463 g/mol. The number of H-pyrrole nitrogens is 1. The Balaban J connectivity index is 0.00000205. The van der Waals surface area contributed by atoms with Gasteiger partial charge in [0.05, 0.1) is 11.5 Å². The molecule has 2 fully saturated rings. The van der Waals surface area contributed by atoms with E-state index in [1.807, 2.05) is 0 Å². The molecule has 0 amide bonds. The summed E-state index contributed by atoms with van der Waals surface area (Å²) in [5.41, 5.74) is 2.93. The number of aromatic nitrogens is 1. The Morgan fingerprint density at radius 1 is 1.31 bits per heavy atom. The van der Waals surface area contributed by atoms with Crippen LogP contribution in [-0.4, -0.2) is 51.3 Å². The lowest BCUT2D eigenvalue weighted by atomic mass is 9.58. The summed E-state index contributed by atoms with van der Waals surface area (Å²) in [6.45, 7) is 3.53. The monoisotopic (exact) mass is 462 g/mol. The van der Waals surface area contributed by atoms with Gasteiger partial charge < -0.3 is 15.2 Å². The van der Waals surface area contributed by atoms with Crippen LogP contribution < -0.4 is 0 Å². The summed E-state index contributed by atoms with van der Waals surface area (Å²) >= 11 is 0. The molecule has 1 saturated carbocycles. The molecule has 2 aliphatic carbocycles. The number of nitrogens with one attached hydrogen (secondary N) is 1. The van der Waals surface area contributed by atoms with Gasteiger partial charge in [-0.1, -0.05) is 31.9 Å². The van der Waals surface area contributed by atoms with Crippen LogP contribution in [0.5, 0.6) is 0 Å². The van der Waals surface area contributed by atoms with Crippen LogP contribution in [0, 0.1) is 11.3 Å². The zero-order valence-corrected chi connectivity index (χ0v) is 18.6. The van der Waals surface area contributed by atoms with Crippen molar-refractivity contribution in [3.8, 4) is 0 Å². The van der Waals surface area contributed by atoms with Crippen molar-refractivity contribution < 1.29 is 15.0 Å². The number of rotatable bonds is 3. The second-order valence-electron chi connectivity index (χ2n) is 9.15. The van der Waals surface area contributed by atoms with Gasteiger partial charge in [0.2, 0.25) is 0 Å². The van der Waals surface area contributed by atoms with Crippen LogP contribution in [-0.2, 0) is 11.2 Å². The number of aliphatic carboxylic acids is 1. The zero-order valence-electron chi connectivity index (χ0n) is 16.9. The lowest BCUT2D eigenvalue weighted by Gasteiger charge is -2.54. The van der Waals surface area contributed by atoms with Gasteiger partial charge in [0.25, 0.3) is 0 Å². The van der Waals surface area contributed by atoms with Crippen LogP contribution in [0.2, 0.25) is 0 Å². The Morgan fingerprint density at radius 3 is 2.83 bits per heavy atom. The molecule has 3 unspecified atom stereocenters. The number of hydrogen-bond donors (Lipinski definition) is 3. The molecule has 6 heteroatoms. The first-order chi connectivity index (χ1) is 13.5. The number of benzene rings is 1. The molecule has 2 aromatic rings. The van der Waals surface area contributed by atoms with Crippen molar-refractivity contribution in [3.05, 3.63) is 35.5 Å². The zero-order chi connectivity index (χ0) is 19.5. The van der Waals surface area contributed by atoms with Crippen LogP contribution in [0.4, 0.5) is 0 Å². The minimum atomic E-state index is -0.868. The van der Waals surface area contributed by atoms with Gasteiger partial charge in [0.1, 0.15) is 0 Å². The van der Waals surface area contributed by atoms with Crippen molar-refractivity contribution in [1.82, 2.24) is 9.88 Å².